The molecule has 12 aromatic rings. The molecule has 0 atom stereocenters. The van der Waals surface area contributed by atoms with E-state index in [-0.39, 0.29) is 0 Å². The Labute approximate surface area is 360 Å². The van der Waals surface area contributed by atoms with Crippen LogP contribution in [-0.4, -0.2) is 34.5 Å². The standard InChI is InChI=1S/C54H33N7S/c1-5-17-34(18-6-1)38-31-32-40-39-25-13-14-29-44(39)61(45(40)33-38)54-59-51(37-23-11-4-12-24-37)58-53(60-54)43-28-15-26-41-47-42(27-16-30-46(47)62-48(41)43)52-56-49(35-19-7-2-8-20-35)55-50(57-52)36-21-9-3-10-22-36/h1-33H. The van der Waals surface area contributed by atoms with Crippen LogP contribution in [0.4, 0.5) is 0 Å². The van der Waals surface area contributed by atoms with Crippen molar-refractivity contribution in [2.24, 2.45) is 0 Å². The minimum Gasteiger partial charge on any atom is -0.278 e. The van der Waals surface area contributed by atoms with Crippen LogP contribution in [0.5, 0.6) is 0 Å². The number of hydrogen-bond acceptors (Lipinski definition) is 7. The summed E-state index contributed by atoms with van der Waals surface area (Å²) in [6, 6.07) is 68.7. The van der Waals surface area contributed by atoms with E-state index >= 15 is 0 Å². The fourth-order valence-electron chi connectivity index (χ4n) is 8.44. The molecular formula is C54H33N7S. The summed E-state index contributed by atoms with van der Waals surface area (Å²) < 4.78 is 4.37. The van der Waals surface area contributed by atoms with E-state index in [1.165, 1.54) is 0 Å². The maximum atomic E-state index is 5.38. The molecule has 4 aromatic heterocycles. The molecular weight excluding hydrogens is 779 g/mol. The van der Waals surface area contributed by atoms with E-state index in [4.69, 9.17) is 29.9 Å². The Kier molecular flexibility index (Phi) is 8.53. The van der Waals surface area contributed by atoms with Gasteiger partial charge >= 0.3 is 0 Å². The first-order valence-corrected chi connectivity index (χ1v) is 21.3. The third-order valence-electron chi connectivity index (χ3n) is 11.3. The average Bonchev–Trinajstić information content (AvgIpc) is 3.91. The minimum atomic E-state index is 0.552. The van der Waals surface area contributed by atoms with Crippen LogP contribution in [0.1, 0.15) is 0 Å². The van der Waals surface area contributed by atoms with Crippen molar-refractivity contribution in [3.8, 4) is 74.0 Å². The Morgan fingerprint density at radius 3 is 1.47 bits per heavy atom. The van der Waals surface area contributed by atoms with E-state index in [2.05, 4.69) is 120 Å². The van der Waals surface area contributed by atoms with Gasteiger partial charge in [0.25, 0.3) is 0 Å². The minimum absolute atomic E-state index is 0.552. The van der Waals surface area contributed by atoms with Crippen LogP contribution in [-0.2, 0) is 0 Å². The number of para-hydroxylation sites is 1. The molecule has 12 rings (SSSR count). The monoisotopic (exact) mass is 811 g/mol. The van der Waals surface area contributed by atoms with Crippen LogP contribution in [0.15, 0.2) is 200 Å². The Morgan fingerprint density at radius 1 is 0.323 bits per heavy atom. The molecule has 0 unspecified atom stereocenters. The van der Waals surface area contributed by atoms with Gasteiger partial charge in [-0.15, -0.1) is 11.3 Å². The second-order valence-corrected chi connectivity index (χ2v) is 16.2. The third-order valence-corrected chi connectivity index (χ3v) is 12.5. The SMILES string of the molecule is c1ccc(-c2ccc3c4ccccc4n(-c4nc(-c5ccccc5)nc(-c5cccc6c5sc5cccc(-c7nc(-c8ccccc8)nc(-c8ccccc8)n7)c56)n4)c3c2)cc1. The number of rotatable bonds is 7. The van der Waals surface area contributed by atoms with Crippen molar-refractivity contribution in [3.05, 3.63) is 200 Å². The molecule has 0 radical (unpaired) electrons. The van der Waals surface area contributed by atoms with Crippen LogP contribution in [0.3, 0.4) is 0 Å². The topological polar surface area (TPSA) is 82.3 Å². The Balaban J connectivity index is 1.08. The number of nitrogens with zero attached hydrogens (tertiary/aromatic N) is 7. The predicted molar refractivity (Wildman–Crippen MR) is 253 cm³/mol. The lowest BCUT2D eigenvalue weighted by molar-refractivity contribution is 0.954. The van der Waals surface area contributed by atoms with Crippen molar-refractivity contribution in [1.29, 1.82) is 0 Å². The van der Waals surface area contributed by atoms with Crippen LogP contribution in [0, 0.1) is 0 Å². The van der Waals surface area contributed by atoms with Crippen molar-refractivity contribution >= 4 is 53.3 Å². The summed E-state index contributed by atoms with van der Waals surface area (Å²) in [5.74, 6) is 3.61. The largest absolute Gasteiger partial charge is 0.278 e. The normalized spacial score (nSPS) is 11.5. The van der Waals surface area contributed by atoms with E-state index in [1.54, 1.807) is 11.3 Å². The fraction of sp³-hybridized carbons (Fsp3) is 0. The van der Waals surface area contributed by atoms with Crippen LogP contribution in [0.25, 0.3) is 116 Å². The molecule has 0 aliphatic carbocycles. The van der Waals surface area contributed by atoms with E-state index in [0.29, 0.717) is 35.1 Å². The van der Waals surface area contributed by atoms with Gasteiger partial charge in [0.15, 0.2) is 29.1 Å². The zero-order valence-corrected chi connectivity index (χ0v) is 33.9. The highest BCUT2D eigenvalue weighted by Gasteiger charge is 2.22. The van der Waals surface area contributed by atoms with E-state index < -0.39 is 0 Å². The van der Waals surface area contributed by atoms with E-state index in [9.17, 15) is 0 Å². The highest BCUT2D eigenvalue weighted by molar-refractivity contribution is 7.26. The molecule has 8 aromatic carbocycles. The van der Waals surface area contributed by atoms with Gasteiger partial charge in [-0.3, -0.25) is 4.57 Å². The van der Waals surface area contributed by atoms with Crippen LogP contribution in [0.2, 0.25) is 0 Å². The third kappa shape index (κ3) is 6.12. The van der Waals surface area contributed by atoms with Gasteiger partial charge in [0.05, 0.1) is 11.0 Å². The average molecular weight is 812 g/mol. The van der Waals surface area contributed by atoms with Crippen molar-refractivity contribution in [2.45, 2.75) is 0 Å². The highest BCUT2D eigenvalue weighted by Crippen LogP contribution is 2.44. The maximum Gasteiger partial charge on any atom is 0.238 e. The second-order valence-electron chi connectivity index (χ2n) is 15.1. The summed E-state index contributed by atoms with van der Waals surface area (Å²) in [5.41, 5.74) is 8.94. The highest BCUT2D eigenvalue weighted by atomic mass is 32.1. The van der Waals surface area contributed by atoms with E-state index in [0.717, 1.165) is 80.9 Å². The first-order valence-electron chi connectivity index (χ1n) is 20.5. The summed E-state index contributed by atoms with van der Waals surface area (Å²) in [4.78, 5) is 31.1. The van der Waals surface area contributed by atoms with Crippen molar-refractivity contribution in [3.63, 3.8) is 0 Å². The number of thiophene rings is 1. The van der Waals surface area contributed by atoms with Gasteiger partial charge in [-0.2, -0.15) is 9.97 Å². The molecule has 0 aliphatic heterocycles. The van der Waals surface area contributed by atoms with E-state index in [1.807, 2.05) is 84.9 Å². The first kappa shape index (κ1) is 35.7. The van der Waals surface area contributed by atoms with Crippen LogP contribution >= 0.6 is 11.3 Å². The lowest BCUT2D eigenvalue weighted by atomic mass is 10.0. The number of fused-ring (bicyclic) bond motifs is 6. The van der Waals surface area contributed by atoms with Crippen molar-refractivity contribution in [1.82, 2.24) is 34.5 Å². The summed E-state index contributed by atoms with van der Waals surface area (Å²) in [7, 11) is 0. The zero-order chi connectivity index (χ0) is 41.0. The fourth-order valence-corrected chi connectivity index (χ4v) is 9.67. The van der Waals surface area contributed by atoms with Gasteiger partial charge in [0.2, 0.25) is 5.95 Å². The number of aromatic nitrogens is 7. The maximum absolute atomic E-state index is 5.38. The quantitative estimate of drug-likeness (QED) is 0.159. The summed E-state index contributed by atoms with van der Waals surface area (Å²) in [6.07, 6.45) is 0. The van der Waals surface area contributed by atoms with Crippen molar-refractivity contribution in [2.75, 3.05) is 0 Å². The van der Waals surface area contributed by atoms with Gasteiger partial charge in [0.1, 0.15) is 0 Å². The molecule has 0 amide bonds. The smallest absolute Gasteiger partial charge is 0.238 e. The zero-order valence-electron chi connectivity index (χ0n) is 33.1. The summed E-state index contributed by atoms with van der Waals surface area (Å²) in [6.45, 7) is 0. The first-order chi connectivity index (χ1) is 30.7. The Hall–Kier alpha value is -8.20. The van der Waals surface area contributed by atoms with Gasteiger partial charge < -0.3 is 0 Å². The molecule has 0 fully saturated rings. The van der Waals surface area contributed by atoms with Crippen molar-refractivity contribution < 1.29 is 0 Å². The molecule has 4 heterocycles. The van der Waals surface area contributed by atoms with Gasteiger partial charge in [-0.05, 0) is 35.4 Å². The van der Waals surface area contributed by atoms with Crippen LogP contribution < -0.4 is 0 Å². The number of hydrogen-bond donors (Lipinski definition) is 0. The van der Waals surface area contributed by atoms with Gasteiger partial charge in [-0.25, -0.2) is 19.9 Å². The molecule has 0 saturated heterocycles. The summed E-state index contributed by atoms with van der Waals surface area (Å²) >= 11 is 1.72. The van der Waals surface area contributed by atoms with Gasteiger partial charge in [-0.1, -0.05) is 176 Å². The molecule has 0 saturated carbocycles. The van der Waals surface area contributed by atoms with Gasteiger partial charge in [0, 0.05) is 58.8 Å². The molecule has 62 heavy (non-hydrogen) atoms. The predicted octanol–water partition coefficient (Wildman–Crippen LogP) is 13.5. The lowest BCUT2D eigenvalue weighted by Gasteiger charge is -2.12. The summed E-state index contributed by atoms with van der Waals surface area (Å²) in [5, 5.41) is 4.42. The molecule has 0 N–H and O–H groups in total. The number of benzene rings is 8. The molecule has 0 aliphatic rings. The molecule has 290 valence electrons. The Morgan fingerprint density at radius 2 is 0.806 bits per heavy atom. The second kappa shape index (κ2) is 14.8. The Bertz CT molecular complexity index is 3570. The lowest BCUT2D eigenvalue weighted by Crippen LogP contribution is -2.06. The molecule has 8 heteroatoms. The molecule has 7 nitrogen and oxygen atoms in total. The molecule has 0 spiro atoms. The molecule has 0 bridgehead atoms.